The number of ether oxygens (including phenoxy) is 3. The molecule has 0 atom stereocenters. The molecule has 156 valence electrons. The van der Waals surface area contributed by atoms with Gasteiger partial charge in [0.25, 0.3) is 0 Å². The number of thiazole rings is 2. The highest BCUT2D eigenvalue weighted by Gasteiger charge is 2.17. The van der Waals surface area contributed by atoms with Crippen molar-refractivity contribution in [3.05, 3.63) is 40.2 Å². The van der Waals surface area contributed by atoms with Gasteiger partial charge < -0.3 is 19.1 Å². The van der Waals surface area contributed by atoms with Crippen molar-refractivity contribution in [2.75, 3.05) is 33.2 Å². The Balaban J connectivity index is 1.43. The Morgan fingerprint density at radius 3 is 2.57 bits per heavy atom. The number of carbonyl (C=O) groups excluding carboxylic acids is 1. The SMILES string of the molecule is COc1ccc(-c2nc(COC(=O)c3cc4sc(N(C)C)nc4s3)cs2)cc1OC. The van der Waals surface area contributed by atoms with Crippen molar-refractivity contribution in [2.45, 2.75) is 6.61 Å². The fraction of sp³-hybridized carbons (Fsp3) is 0.250. The van der Waals surface area contributed by atoms with Gasteiger partial charge in [0.15, 0.2) is 16.6 Å². The summed E-state index contributed by atoms with van der Waals surface area (Å²) in [7, 11) is 7.09. The highest BCUT2D eigenvalue weighted by molar-refractivity contribution is 7.29. The summed E-state index contributed by atoms with van der Waals surface area (Å²) in [5.41, 5.74) is 1.61. The number of hydrogen-bond donors (Lipinski definition) is 0. The normalized spacial score (nSPS) is 10.9. The van der Waals surface area contributed by atoms with Crippen molar-refractivity contribution in [3.63, 3.8) is 0 Å². The topological polar surface area (TPSA) is 73.8 Å². The molecule has 0 amide bonds. The van der Waals surface area contributed by atoms with Crippen LogP contribution in [0, 0.1) is 0 Å². The molecule has 30 heavy (non-hydrogen) atoms. The fourth-order valence-corrected chi connectivity index (χ4v) is 5.53. The highest BCUT2D eigenvalue weighted by Crippen LogP contribution is 2.35. The van der Waals surface area contributed by atoms with Crippen molar-refractivity contribution < 1.29 is 19.0 Å². The largest absolute Gasteiger partial charge is 0.493 e. The molecular weight excluding hydrogens is 442 g/mol. The number of benzene rings is 1. The Hall–Kier alpha value is -2.69. The van der Waals surface area contributed by atoms with Gasteiger partial charge in [-0.3, -0.25) is 0 Å². The van der Waals surface area contributed by atoms with E-state index in [1.54, 1.807) is 25.6 Å². The first kappa shape index (κ1) is 20.6. The van der Waals surface area contributed by atoms with Crippen LogP contribution in [0.4, 0.5) is 5.13 Å². The van der Waals surface area contributed by atoms with Gasteiger partial charge in [-0.25, -0.2) is 14.8 Å². The number of anilines is 1. The second-order valence-corrected chi connectivity index (χ2v) is 9.36. The van der Waals surface area contributed by atoms with Crippen molar-refractivity contribution in [3.8, 4) is 22.1 Å². The third-order valence-electron chi connectivity index (χ3n) is 4.20. The van der Waals surface area contributed by atoms with Crippen LogP contribution in [-0.2, 0) is 11.3 Å². The number of fused-ring (bicyclic) bond motifs is 1. The van der Waals surface area contributed by atoms with Gasteiger partial charge in [-0.05, 0) is 24.3 Å². The Bertz CT molecular complexity index is 1160. The van der Waals surface area contributed by atoms with Crippen molar-refractivity contribution in [1.29, 1.82) is 0 Å². The Morgan fingerprint density at radius 2 is 1.87 bits per heavy atom. The zero-order valence-corrected chi connectivity index (χ0v) is 19.2. The van der Waals surface area contributed by atoms with E-state index in [4.69, 9.17) is 14.2 Å². The first-order valence-corrected chi connectivity index (χ1v) is 11.4. The molecule has 0 saturated heterocycles. The Kier molecular flexibility index (Phi) is 5.89. The minimum absolute atomic E-state index is 0.116. The number of aromatic nitrogens is 2. The number of thiophene rings is 1. The molecule has 0 unspecified atom stereocenters. The van der Waals surface area contributed by atoms with E-state index in [1.165, 1.54) is 22.7 Å². The molecule has 0 aliphatic carbocycles. The lowest BCUT2D eigenvalue weighted by atomic mass is 10.2. The molecule has 3 aromatic heterocycles. The maximum absolute atomic E-state index is 12.4. The summed E-state index contributed by atoms with van der Waals surface area (Å²) in [4.78, 5) is 24.9. The molecule has 0 N–H and O–H groups in total. The molecule has 10 heteroatoms. The van der Waals surface area contributed by atoms with E-state index in [1.807, 2.05) is 48.6 Å². The lowest BCUT2D eigenvalue weighted by Crippen LogP contribution is -2.07. The van der Waals surface area contributed by atoms with Crippen LogP contribution >= 0.6 is 34.0 Å². The second-order valence-electron chi connectivity index (χ2n) is 6.46. The Morgan fingerprint density at radius 1 is 1.07 bits per heavy atom. The molecule has 4 rings (SSSR count). The molecule has 0 saturated carbocycles. The molecule has 4 aromatic rings. The van der Waals surface area contributed by atoms with E-state index in [9.17, 15) is 4.79 Å². The summed E-state index contributed by atoms with van der Waals surface area (Å²) in [6.45, 7) is 0.116. The molecule has 0 aliphatic heterocycles. The van der Waals surface area contributed by atoms with Gasteiger partial charge in [0.2, 0.25) is 0 Å². The molecule has 0 spiro atoms. The summed E-state index contributed by atoms with van der Waals surface area (Å²) in [6, 6.07) is 7.47. The van der Waals surface area contributed by atoms with E-state index >= 15 is 0 Å². The standard InChI is InChI=1S/C20H19N3O4S3/c1-23(2)20-22-18-15(30-20)8-16(29-18)19(24)27-9-12-10-28-17(21-12)11-5-6-13(25-3)14(7-11)26-4/h5-8,10H,9H2,1-4H3. The molecule has 7 nitrogen and oxygen atoms in total. The van der Waals surface area contributed by atoms with Crippen LogP contribution < -0.4 is 14.4 Å². The Labute approximate surface area is 185 Å². The van der Waals surface area contributed by atoms with Crippen LogP contribution in [0.3, 0.4) is 0 Å². The molecule has 3 heterocycles. The monoisotopic (exact) mass is 461 g/mol. The van der Waals surface area contributed by atoms with E-state index in [0.29, 0.717) is 22.1 Å². The number of rotatable bonds is 7. The summed E-state index contributed by atoms with van der Waals surface area (Å²) >= 11 is 4.38. The van der Waals surface area contributed by atoms with Gasteiger partial charge in [-0.2, -0.15) is 0 Å². The summed E-state index contributed by atoms with van der Waals surface area (Å²) in [5, 5.41) is 3.62. The highest BCUT2D eigenvalue weighted by atomic mass is 32.1. The van der Waals surface area contributed by atoms with Gasteiger partial charge >= 0.3 is 5.97 Å². The first-order valence-electron chi connectivity index (χ1n) is 8.90. The number of methoxy groups -OCH3 is 2. The number of nitrogens with zero attached hydrogens (tertiary/aromatic N) is 3. The van der Waals surface area contributed by atoms with Crippen LogP contribution in [0.2, 0.25) is 0 Å². The number of hydrogen-bond acceptors (Lipinski definition) is 10. The van der Waals surface area contributed by atoms with Gasteiger partial charge in [-0.15, -0.1) is 22.7 Å². The van der Waals surface area contributed by atoms with Crippen molar-refractivity contribution >= 4 is 54.6 Å². The van der Waals surface area contributed by atoms with E-state index in [-0.39, 0.29) is 12.6 Å². The maximum atomic E-state index is 12.4. The number of carbonyl (C=O) groups is 1. The van der Waals surface area contributed by atoms with Crippen LogP contribution in [0.25, 0.3) is 20.1 Å². The van der Waals surface area contributed by atoms with E-state index in [0.717, 1.165) is 25.2 Å². The third-order valence-corrected chi connectivity index (χ3v) is 7.44. The lowest BCUT2D eigenvalue weighted by molar-refractivity contribution is 0.0474. The van der Waals surface area contributed by atoms with Crippen molar-refractivity contribution in [2.24, 2.45) is 0 Å². The van der Waals surface area contributed by atoms with Crippen molar-refractivity contribution in [1.82, 2.24) is 9.97 Å². The molecule has 0 bridgehead atoms. The molecule has 1 aromatic carbocycles. The quantitative estimate of drug-likeness (QED) is 0.362. The van der Waals surface area contributed by atoms with Crippen LogP contribution in [0.1, 0.15) is 15.4 Å². The smallest absolute Gasteiger partial charge is 0.348 e. The minimum atomic E-state index is -0.364. The molecule has 0 fully saturated rings. The summed E-state index contributed by atoms with van der Waals surface area (Å²) in [5.74, 6) is 0.939. The summed E-state index contributed by atoms with van der Waals surface area (Å²) in [6.07, 6.45) is 0. The lowest BCUT2D eigenvalue weighted by Gasteiger charge is -2.08. The fourth-order valence-electron chi connectivity index (χ4n) is 2.70. The van der Waals surface area contributed by atoms with Gasteiger partial charge in [0, 0.05) is 25.0 Å². The van der Waals surface area contributed by atoms with Crippen LogP contribution in [0.15, 0.2) is 29.6 Å². The number of esters is 1. The first-order chi connectivity index (χ1) is 14.5. The van der Waals surface area contributed by atoms with E-state index in [2.05, 4.69) is 9.97 Å². The zero-order valence-electron chi connectivity index (χ0n) is 16.8. The average molecular weight is 462 g/mol. The predicted octanol–water partition coefficient (Wildman–Crippen LogP) is 4.92. The van der Waals surface area contributed by atoms with Crippen LogP contribution in [-0.4, -0.2) is 44.3 Å². The van der Waals surface area contributed by atoms with Gasteiger partial charge in [-0.1, -0.05) is 11.3 Å². The molecule has 0 aliphatic rings. The van der Waals surface area contributed by atoms with Gasteiger partial charge in [0.05, 0.1) is 24.6 Å². The van der Waals surface area contributed by atoms with Gasteiger partial charge in [0.1, 0.15) is 21.3 Å². The maximum Gasteiger partial charge on any atom is 0.348 e. The molecule has 0 radical (unpaired) electrons. The predicted molar refractivity (Wildman–Crippen MR) is 122 cm³/mol. The molecular formula is C20H19N3O4S3. The average Bonchev–Trinajstić information content (AvgIpc) is 3.46. The zero-order chi connectivity index (χ0) is 21.3. The third kappa shape index (κ3) is 4.11. The second kappa shape index (κ2) is 8.58. The van der Waals surface area contributed by atoms with E-state index < -0.39 is 0 Å². The minimum Gasteiger partial charge on any atom is -0.493 e. The van der Waals surface area contributed by atoms with Crippen LogP contribution in [0.5, 0.6) is 11.5 Å². The summed E-state index contributed by atoms with van der Waals surface area (Å²) < 4.78 is 17.1.